The molecule has 1 unspecified atom stereocenters. The van der Waals surface area contributed by atoms with Crippen LogP contribution in [0.25, 0.3) is 5.69 Å². The van der Waals surface area contributed by atoms with Crippen LogP contribution in [0.2, 0.25) is 0 Å². The van der Waals surface area contributed by atoms with E-state index in [4.69, 9.17) is 9.47 Å². The van der Waals surface area contributed by atoms with Gasteiger partial charge in [0.25, 0.3) is 0 Å². The van der Waals surface area contributed by atoms with Crippen LogP contribution >= 0.6 is 0 Å². The first-order valence-electron chi connectivity index (χ1n) is 9.12. The van der Waals surface area contributed by atoms with Gasteiger partial charge in [-0.3, -0.25) is 4.79 Å². The maximum atomic E-state index is 14.0. The molecule has 10 heteroatoms. The number of nitrogens with one attached hydrogen (secondary N) is 1. The average molecular weight is 408 g/mol. The Labute approximate surface area is 167 Å². The summed E-state index contributed by atoms with van der Waals surface area (Å²) in [6.07, 6.45) is 0.788. The molecule has 1 aromatic heterocycles. The predicted molar refractivity (Wildman–Crippen MR) is 101 cm³/mol. The van der Waals surface area contributed by atoms with Crippen LogP contribution in [0.4, 0.5) is 9.18 Å². The smallest absolute Gasteiger partial charge is 0.407 e. The molecule has 0 bridgehead atoms. The number of phenolic OH excluding ortho intramolecular Hbond substituents is 1. The zero-order chi connectivity index (χ0) is 21.6. The summed E-state index contributed by atoms with van der Waals surface area (Å²) < 4.78 is 24.2. The number of rotatable bonds is 7. The number of benzene rings is 1. The molecular formula is C19H25FN4O5. The molecule has 9 nitrogen and oxygen atoms in total. The van der Waals surface area contributed by atoms with E-state index in [1.165, 1.54) is 18.3 Å². The maximum absolute atomic E-state index is 14.0. The van der Waals surface area contributed by atoms with Gasteiger partial charge in [-0.2, -0.15) is 10.2 Å². The molecule has 1 atom stereocenters. The highest BCUT2D eigenvalue weighted by Crippen LogP contribution is 2.18. The summed E-state index contributed by atoms with van der Waals surface area (Å²) in [4.78, 5) is 25.1. The van der Waals surface area contributed by atoms with E-state index in [2.05, 4.69) is 15.5 Å². The van der Waals surface area contributed by atoms with Crippen molar-refractivity contribution in [2.75, 3.05) is 6.61 Å². The second-order valence-corrected chi connectivity index (χ2v) is 7.32. The van der Waals surface area contributed by atoms with E-state index in [0.29, 0.717) is 5.69 Å². The van der Waals surface area contributed by atoms with Crippen LogP contribution in [0.1, 0.15) is 39.8 Å². The Kier molecular flexibility index (Phi) is 7.13. The number of phenols is 1. The Morgan fingerprint density at radius 3 is 2.69 bits per heavy atom. The topological polar surface area (TPSA) is 116 Å². The minimum atomic E-state index is -0.696. The molecule has 1 heterocycles. The zero-order valence-electron chi connectivity index (χ0n) is 16.8. The van der Waals surface area contributed by atoms with Crippen molar-refractivity contribution in [1.29, 1.82) is 0 Å². The molecule has 0 aliphatic heterocycles. The molecule has 158 valence electrons. The molecule has 0 aliphatic carbocycles. The van der Waals surface area contributed by atoms with E-state index in [0.717, 1.165) is 10.9 Å². The van der Waals surface area contributed by atoms with Crippen molar-refractivity contribution < 1.29 is 28.6 Å². The van der Waals surface area contributed by atoms with E-state index < -0.39 is 29.5 Å². The number of amides is 1. The number of nitrogens with zero attached hydrogens (tertiary/aromatic N) is 3. The molecule has 0 radical (unpaired) electrons. The monoisotopic (exact) mass is 408 g/mol. The summed E-state index contributed by atoms with van der Waals surface area (Å²) in [6, 6.07) is 2.95. The van der Waals surface area contributed by atoms with Crippen molar-refractivity contribution in [3.05, 3.63) is 35.9 Å². The summed E-state index contributed by atoms with van der Waals surface area (Å²) in [6.45, 7) is 7.08. The largest absolute Gasteiger partial charge is 0.508 e. The number of ether oxygens (including phenoxy) is 2. The van der Waals surface area contributed by atoms with Gasteiger partial charge in [0.15, 0.2) is 5.82 Å². The number of hydrogen-bond donors (Lipinski definition) is 2. The normalized spacial score (nSPS) is 12.3. The predicted octanol–water partition coefficient (Wildman–Crippen LogP) is 2.50. The Hall–Kier alpha value is -3.17. The fourth-order valence-corrected chi connectivity index (χ4v) is 2.48. The third-order valence-electron chi connectivity index (χ3n) is 3.58. The lowest BCUT2D eigenvalue weighted by Gasteiger charge is -2.23. The van der Waals surface area contributed by atoms with Gasteiger partial charge in [-0.15, -0.1) is 4.80 Å². The van der Waals surface area contributed by atoms with E-state index >= 15 is 0 Å². The highest BCUT2D eigenvalue weighted by atomic mass is 19.1. The van der Waals surface area contributed by atoms with Gasteiger partial charge >= 0.3 is 12.1 Å². The summed E-state index contributed by atoms with van der Waals surface area (Å²) in [5, 5.41) is 20.1. The zero-order valence-corrected chi connectivity index (χ0v) is 16.8. The molecule has 0 spiro atoms. The SMILES string of the molecule is CCOC(=O)CC(Cc1cnn(-c2ccc(O)cc2F)n1)NC(=O)OC(C)(C)C. The number of carbonyl (C=O) groups is 2. The van der Waals surface area contributed by atoms with E-state index in [-0.39, 0.29) is 30.9 Å². The van der Waals surface area contributed by atoms with Crippen LogP contribution < -0.4 is 5.32 Å². The molecular weight excluding hydrogens is 383 g/mol. The van der Waals surface area contributed by atoms with Crippen LogP contribution in [0.5, 0.6) is 5.75 Å². The summed E-state index contributed by atoms with van der Waals surface area (Å²) in [5.74, 6) is -1.39. The average Bonchev–Trinajstić information content (AvgIpc) is 3.01. The Morgan fingerprint density at radius 2 is 2.07 bits per heavy atom. The van der Waals surface area contributed by atoms with Gasteiger partial charge in [0, 0.05) is 18.5 Å². The van der Waals surface area contributed by atoms with Gasteiger partial charge in [-0.1, -0.05) is 0 Å². The number of hydrogen-bond acceptors (Lipinski definition) is 7. The lowest BCUT2D eigenvalue weighted by atomic mass is 10.1. The third kappa shape index (κ3) is 7.05. The minimum Gasteiger partial charge on any atom is -0.508 e. The fourth-order valence-electron chi connectivity index (χ4n) is 2.48. The summed E-state index contributed by atoms with van der Waals surface area (Å²) in [7, 11) is 0. The molecule has 2 rings (SSSR count). The maximum Gasteiger partial charge on any atom is 0.407 e. The molecule has 0 aliphatic rings. The quantitative estimate of drug-likeness (QED) is 0.676. The molecule has 1 aromatic carbocycles. The second-order valence-electron chi connectivity index (χ2n) is 7.32. The van der Waals surface area contributed by atoms with E-state index in [1.54, 1.807) is 27.7 Å². The first-order chi connectivity index (χ1) is 13.6. The fraction of sp³-hybridized carbons (Fsp3) is 0.474. The molecule has 0 fully saturated rings. The Balaban J connectivity index is 2.14. The van der Waals surface area contributed by atoms with Gasteiger partial charge in [0.2, 0.25) is 0 Å². The van der Waals surface area contributed by atoms with Crippen LogP contribution in [0, 0.1) is 5.82 Å². The standard InChI is InChI=1S/C19H25FN4O5/c1-5-28-17(26)9-12(22-18(27)29-19(2,3)4)8-13-11-21-24(23-13)16-7-6-14(25)10-15(16)20/h6-7,10-12,25H,5,8-9H2,1-4H3,(H,22,27). The number of alkyl carbamates (subject to hydrolysis) is 1. The summed E-state index contributed by atoms with van der Waals surface area (Å²) in [5.41, 5.74) is -0.225. The first-order valence-corrected chi connectivity index (χ1v) is 9.12. The molecule has 0 saturated carbocycles. The van der Waals surface area contributed by atoms with Crippen LogP contribution in [-0.4, -0.2) is 50.4 Å². The highest BCUT2D eigenvalue weighted by molar-refractivity contribution is 5.73. The van der Waals surface area contributed by atoms with Gasteiger partial charge in [0.05, 0.1) is 24.9 Å². The summed E-state index contributed by atoms with van der Waals surface area (Å²) >= 11 is 0. The van der Waals surface area contributed by atoms with Crippen molar-refractivity contribution in [2.45, 2.75) is 52.2 Å². The van der Waals surface area contributed by atoms with E-state index in [9.17, 15) is 19.1 Å². The van der Waals surface area contributed by atoms with Gasteiger partial charge < -0.3 is 19.9 Å². The highest BCUT2D eigenvalue weighted by Gasteiger charge is 2.23. The molecule has 29 heavy (non-hydrogen) atoms. The van der Waals surface area contributed by atoms with Crippen molar-refractivity contribution in [1.82, 2.24) is 20.3 Å². The first kappa shape index (κ1) is 22.1. The van der Waals surface area contributed by atoms with E-state index in [1.807, 2.05) is 0 Å². The van der Waals surface area contributed by atoms with Crippen molar-refractivity contribution in [3.8, 4) is 11.4 Å². The van der Waals surface area contributed by atoms with Crippen LogP contribution in [0.3, 0.4) is 0 Å². The number of aromatic hydroxyl groups is 1. The van der Waals surface area contributed by atoms with Gasteiger partial charge in [-0.05, 0) is 39.8 Å². The van der Waals surface area contributed by atoms with Crippen molar-refractivity contribution >= 4 is 12.1 Å². The Bertz CT molecular complexity index is 863. The van der Waals surface area contributed by atoms with Gasteiger partial charge in [-0.25, -0.2) is 9.18 Å². The lowest BCUT2D eigenvalue weighted by molar-refractivity contribution is -0.143. The Morgan fingerprint density at radius 1 is 1.34 bits per heavy atom. The molecule has 0 saturated heterocycles. The van der Waals surface area contributed by atoms with Gasteiger partial charge in [0.1, 0.15) is 17.0 Å². The third-order valence-corrected chi connectivity index (χ3v) is 3.58. The van der Waals surface area contributed by atoms with Crippen molar-refractivity contribution in [2.24, 2.45) is 0 Å². The van der Waals surface area contributed by atoms with Crippen LogP contribution in [-0.2, 0) is 20.7 Å². The second kappa shape index (κ2) is 9.35. The molecule has 2 N–H and O–H groups in total. The van der Waals surface area contributed by atoms with Crippen molar-refractivity contribution in [3.63, 3.8) is 0 Å². The molecule has 1 amide bonds. The number of halogens is 1. The number of carbonyl (C=O) groups excluding carboxylic acids is 2. The lowest BCUT2D eigenvalue weighted by Crippen LogP contribution is -2.41. The molecule has 2 aromatic rings. The number of esters is 1. The van der Waals surface area contributed by atoms with Crippen LogP contribution in [0.15, 0.2) is 24.4 Å². The minimum absolute atomic E-state index is 0.0519. The number of aromatic nitrogens is 3.